The Morgan fingerprint density at radius 2 is 2.39 bits per heavy atom. The largest absolute Gasteiger partial charge is 0.465 e. The molecule has 4 nitrogen and oxygen atoms in total. The van der Waals surface area contributed by atoms with Crippen molar-refractivity contribution < 1.29 is 9.21 Å². The van der Waals surface area contributed by atoms with Crippen LogP contribution in [0.4, 0.5) is 5.82 Å². The molecular formula is C13H11IN2O2. The number of anilines is 1. The summed E-state index contributed by atoms with van der Waals surface area (Å²) in [5, 5.41) is 2.72. The van der Waals surface area contributed by atoms with Gasteiger partial charge in [-0.3, -0.25) is 4.79 Å². The van der Waals surface area contributed by atoms with Gasteiger partial charge in [0.1, 0.15) is 11.6 Å². The minimum absolute atomic E-state index is 0.233. The predicted molar refractivity (Wildman–Crippen MR) is 78.1 cm³/mol. The summed E-state index contributed by atoms with van der Waals surface area (Å²) in [6.45, 7) is 1.90. The Morgan fingerprint density at radius 1 is 1.56 bits per heavy atom. The molecule has 0 saturated heterocycles. The number of furan rings is 1. The Kier molecular flexibility index (Phi) is 4.14. The zero-order valence-corrected chi connectivity index (χ0v) is 11.8. The highest BCUT2D eigenvalue weighted by atomic mass is 127. The van der Waals surface area contributed by atoms with Crippen molar-refractivity contribution in [3.8, 4) is 0 Å². The van der Waals surface area contributed by atoms with Crippen molar-refractivity contribution in [2.45, 2.75) is 6.92 Å². The first-order valence-electron chi connectivity index (χ1n) is 5.30. The average molecular weight is 354 g/mol. The van der Waals surface area contributed by atoms with Crippen molar-refractivity contribution in [1.82, 2.24) is 4.98 Å². The van der Waals surface area contributed by atoms with Gasteiger partial charge in [-0.25, -0.2) is 4.98 Å². The van der Waals surface area contributed by atoms with E-state index in [0.29, 0.717) is 11.6 Å². The van der Waals surface area contributed by atoms with Crippen LogP contribution in [0.3, 0.4) is 0 Å². The van der Waals surface area contributed by atoms with Crippen molar-refractivity contribution in [3.63, 3.8) is 0 Å². The lowest BCUT2D eigenvalue weighted by Crippen LogP contribution is -2.10. The molecule has 2 aromatic heterocycles. The van der Waals surface area contributed by atoms with E-state index < -0.39 is 0 Å². The van der Waals surface area contributed by atoms with Gasteiger partial charge in [0.05, 0.1) is 6.26 Å². The number of nitrogens with one attached hydrogen (secondary N) is 1. The van der Waals surface area contributed by atoms with E-state index in [4.69, 9.17) is 4.42 Å². The fourth-order valence-corrected chi connectivity index (χ4v) is 1.98. The Morgan fingerprint density at radius 3 is 3.06 bits per heavy atom. The van der Waals surface area contributed by atoms with Crippen LogP contribution in [-0.4, -0.2) is 10.9 Å². The fraction of sp³-hybridized carbons (Fsp3) is 0.0769. The first-order chi connectivity index (χ1) is 8.65. The summed E-state index contributed by atoms with van der Waals surface area (Å²) in [6.07, 6.45) is 6.29. The Balaban J connectivity index is 2.03. The van der Waals surface area contributed by atoms with Gasteiger partial charge in [0.25, 0.3) is 0 Å². The molecule has 5 heteroatoms. The number of nitrogens with zero attached hydrogens (tertiary/aromatic N) is 1. The molecule has 0 saturated carbocycles. The number of aryl methyl sites for hydroxylation is 1. The third-order valence-corrected chi connectivity index (χ3v) is 2.82. The fourth-order valence-electron chi connectivity index (χ4n) is 1.37. The normalized spacial score (nSPS) is 10.8. The molecule has 0 aliphatic rings. The van der Waals surface area contributed by atoms with Gasteiger partial charge in [0.15, 0.2) is 0 Å². The van der Waals surface area contributed by atoms with E-state index in [1.165, 1.54) is 6.08 Å². The van der Waals surface area contributed by atoms with Crippen molar-refractivity contribution in [3.05, 3.63) is 51.6 Å². The number of carbonyl (C=O) groups is 1. The molecule has 2 rings (SSSR count). The highest BCUT2D eigenvalue weighted by Gasteiger charge is 2.03. The molecule has 18 heavy (non-hydrogen) atoms. The van der Waals surface area contributed by atoms with Crippen LogP contribution >= 0.6 is 22.6 Å². The maximum absolute atomic E-state index is 11.7. The number of rotatable bonds is 3. The van der Waals surface area contributed by atoms with Gasteiger partial charge < -0.3 is 9.73 Å². The molecule has 0 radical (unpaired) electrons. The minimum atomic E-state index is -0.233. The standard InChI is InChI=1S/C13H11IN2O2/c1-9-7-10(14)8-15-13(9)16-12(17)5-4-11-3-2-6-18-11/h2-8H,1H3,(H,15,16,17)/b5-4+. The monoisotopic (exact) mass is 354 g/mol. The van der Waals surface area contributed by atoms with Gasteiger partial charge in [-0.05, 0) is 59.4 Å². The van der Waals surface area contributed by atoms with E-state index in [1.807, 2.05) is 13.0 Å². The molecule has 0 bridgehead atoms. The van der Waals surface area contributed by atoms with E-state index in [-0.39, 0.29) is 5.91 Å². The molecule has 1 amide bonds. The molecule has 0 fully saturated rings. The molecule has 0 unspecified atom stereocenters. The van der Waals surface area contributed by atoms with Gasteiger partial charge in [-0.1, -0.05) is 0 Å². The second-order valence-corrected chi connectivity index (χ2v) is 4.90. The molecule has 0 aromatic carbocycles. The van der Waals surface area contributed by atoms with Crippen molar-refractivity contribution >= 4 is 40.4 Å². The molecule has 1 N–H and O–H groups in total. The lowest BCUT2D eigenvalue weighted by atomic mass is 10.3. The van der Waals surface area contributed by atoms with E-state index >= 15 is 0 Å². The van der Waals surface area contributed by atoms with Gasteiger partial charge >= 0.3 is 0 Å². The van der Waals surface area contributed by atoms with Crippen LogP contribution in [0.2, 0.25) is 0 Å². The predicted octanol–water partition coefficient (Wildman–Crippen LogP) is 3.24. The van der Waals surface area contributed by atoms with E-state index in [0.717, 1.165) is 9.13 Å². The Bertz CT molecular complexity index is 577. The number of amides is 1. The number of hydrogen-bond donors (Lipinski definition) is 1. The number of aromatic nitrogens is 1. The molecule has 2 heterocycles. The smallest absolute Gasteiger partial charge is 0.249 e. The summed E-state index contributed by atoms with van der Waals surface area (Å²) >= 11 is 2.18. The van der Waals surface area contributed by atoms with Crippen molar-refractivity contribution in [2.24, 2.45) is 0 Å². The minimum Gasteiger partial charge on any atom is -0.465 e. The average Bonchev–Trinajstić information content (AvgIpc) is 2.83. The van der Waals surface area contributed by atoms with Crippen molar-refractivity contribution in [1.29, 1.82) is 0 Å². The molecular weight excluding hydrogens is 343 g/mol. The molecule has 0 aliphatic carbocycles. The summed E-state index contributed by atoms with van der Waals surface area (Å²) in [7, 11) is 0. The number of hydrogen-bond acceptors (Lipinski definition) is 3. The molecule has 92 valence electrons. The lowest BCUT2D eigenvalue weighted by Gasteiger charge is -2.04. The van der Waals surface area contributed by atoms with Crippen LogP contribution in [0.5, 0.6) is 0 Å². The van der Waals surface area contributed by atoms with Gasteiger partial charge in [-0.15, -0.1) is 0 Å². The molecule has 0 spiro atoms. The topological polar surface area (TPSA) is 55.1 Å². The van der Waals surface area contributed by atoms with Crippen LogP contribution in [0.25, 0.3) is 6.08 Å². The number of carbonyl (C=O) groups excluding carboxylic acids is 1. The van der Waals surface area contributed by atoms with E-state index in [9.17, 15) is 4.79 Å². The van der Waals surface area contributed by atoms with Gasteiger partial charge in [-0.2, -0.15) is 0 Å². The third-order valence-electron chi connectivity index (χ3n) is 2.23. The third kappa shape index (κ3) is 3.43. The number of halogens is 1. The highest BCUT2D eigenvalue weighted by Crippen LogP contribution is 2.14. The van der Waals surface area contributed by atoms with Crippen LogP contribution in [-0.2, 0) is 4.79 Å². The summed E-state index contributed by atoms with van der Waals surface area (Å²) < 4.78 is 6.13. The van der Waals surface area contributed by atoms with E-state index in [2.05, 4.69) is 32.9 Å². The lowest BCUT2D eigenvalue weighted by molar-refractivity contribution is -0.111. The quantitative estimate of drug-likeness (QED) is 0.680. The van der Waals surface area contributed by atoms with Crippen molar-refractivity contribution in [2.75, 3.05) is 5.32 Å². The zero-order chi connectivity index (χ0) is 13.0. The SMILES string of the molecule is Cc1cc(I)cnc1NC(=O)/C=C/c1ccco1. The molecule has 2 aromatic rings. The molecule has 0 aliphatic heterocycles. The van der Waals surface area contributed by atoms with Gasteiger partial charge in [0.2, 0.25) is 5.91 Å². The summed E-state index contributed by atoms with van der Waals surface area (Å²) in [6, 6.07) is 5.50. The Labute approximate surface area is 118 Å². The van der Waals surface area contributed by atoms with E-state index in [1.54, 1.807) is 30.7 Å². The van der Waals surface area contributed by atoms with Gasteiger partial charge in [0, 0.05) is 15.8 Å². The Hall–Kier alpha value is -1.63. The second-order valence-electron chi connectivity index (χ2n) is 3.66. The first kappa shape index (κ1) is 12.8. The maximum Gasteiger partial charge on any atom is 0.249 e. The van der Waals surface area contributed by atoms with Crippen LogP contribution in [0, 0.1) is 10.5 Å². The number of pyridine rings is 1. The highest BCUT2D eigenvalue weighted by molar-refractivity contribution is 14.1. The maximum atomic E-state index is 11.7. The second kappa shape index (κ2) is 5.81. The summed E-state index contributed by atoms with van der Waals surface area (Å²) in [4.78, 5) is 15.8. The van der Waals surface area contributed by atoms with Crippen LogP contribution in [0.1, 0.15) is 11.3 Å². The zero-order valence-electron chi connectivity index (χ0n) is 9.68. The summed E-state index contributed by atoms with van der Waals surface area (Å²) in [5.41, 5.74) is 0.932. The first-order valence-corrected chi connectivity index (χ1v) is 6.38. The van der Waals surface area contributed by atoms with Crippen LogP contribution < -0.4 is 5.32 Å². The van der Waals surface area contributed by atoms with Crippen LogP contribution in [0.15, 0.2) is 41.2 Å². The summed E-state index contributed by atoms with van der Waals surface area (Å²) in [5.74, 6) is 0.977. The molecule has 0 atom stereocenters.